The first-order chi connectivity index (χ1) is 20.1. The van der Waals surface area contributed by atoms with Gasteiger partial charge in [-0.25, -0.2) is 14.6 Å². The summed E-state index contributed by atoms with van der Waals surface area (Å²) in [4.78, 5) is 40.7. The number of urea groups is 1. The molecule has 42 heavy (non-hydrogen) atoms. The van der Waals surface area contributed by atoms with Crippen LogP contribution in [0.25, 0.3) is 22.2 Å². The van der Waals surface area contributed by atoms with E-state index in [9.17, 15) is 9.59 Å². The van der Waals surface area contributed by atoms with E-state index in [1.807, 2.05) is 49.9 Å². The molecular weight excluding hydrogens is 534 g/mol. The molecule has 5 heterocycles. The Labute approximate surface area is 246 Å². The van der Waals surface area contributed by atoms with E-state index >= 15 is 0 Å². The number of ether oxygens (including phenoxy) is 3. The summed E-state index contributed by atoms with van der Waals surface area (Å²) in [5.41, 5.74) is 6.68. The maximum absolute atomic E-state index is 13.7. The predicted molar refractivity (Wildman–Crippen MR) is 159 cm³/mol. The molecule has 1 aromatic carbocycles. The number of aryl methyl sites for hydroxylation is 1. The number of benzene rings is 1. The molecule has 3 amide bonds. The highest BCUT2D eigenvalue weighted by atomic mass is 16.6. The van der Waals surface area contributed by atoms with Gasteiger partial charge in [0.2, 0.25) is 0 Å². The van der Waals surface area contributed by atoms with Crippen LogP contribution in [0, 0.1) is 6.92 Å². The summed E-state index contributed by atoms with van der Waals surface area (Å²) in [5, 5.41) is 1.08. The van der Waals surface area contributed by atoms with Crippen LogP contribution in [0.3, 0.4) is 0 Å². The SMILES string of the molecule is Cc1c[nH]c2ncc(-c3cc4c(c([C@@H]5COCCN5C(=O)OC(C)(C)C)c3)CN(C(=O)N3CCOC[C@H]3C)CC4)cc12. The van der Waals surface area contributed by atoms with Crippen LogP contribution in [-0.2, 0) is 27.2 Å². The number of rotatable bonds is 2. The largest absolute Gasteiger partial charge is 0.444 e. The van der Waals surface area contributed by atoms with Crippen molar-refractivity contribution in [1.82, 2.24) is 24.7 Å². The number of hydrogen-bond acceptors (Lipinski definition) is 6. The van der Waals surface area contributed by atoms with Gasteiger partial charge < -0.3 is 29.0 Å². The van der Waals surface area contributed by atoms with Crippen LogP contribution in [0.4, 0.5) is 9.59 Å². The van der Waals surface area contributed by atoms with Gasteiger partial charge in [0.1, 0.15) is 11.2 Å². The van der Waals surface area contributed by atoms with Crippen LogP contribution in [0.2, 0.25) is 0 Å². The van der Waals surface area contributed by atoms with Crippen molar-refractivity contribution in [3.8, 4) is 11.1 Å². The molecule has 2 fully saturated rings. The summed E-state index contributed by atoms with van der Waals surface area (Å²) in [7, 11) is 0. The van der Waals surface area contributed by atoms with Gasteiger partial charge in [-0.3, -0.25) is 4.90 Å². The van der Waals surface area contributed by atoms with Crippen LogP contribution in [0.1, 0.15) is 56.0 Å². The minimum atomic E-state index is -0.616. The Bertz CT molecular complexity index is 1490. The predicted octanol–water partition coefficient (Wildman–Crippen LogP) is 5.05. The Hall–Kier alpha value is -3.63. The Morgan fingerprint density at radius 2 is 1.79 bits per heavy atom. The lowest BCUT2D eigenvalue weighted by molar-refractivity contribution is -0.0334. The topological polar surface area (TPSA) is 100 Å². The molecule has 0 bridgehead atoms. The maximum Gasteiger partial charge on any atom is 0.410 e. The van der Waals surface area contributed by atoms with Crippen molar-refractivity contribution in [2.24, 2.45) is 0 Å². The zero-order valence-electron chi connectivity index (χ0n) is 25.2. The molecule has 2 atom stereocenters. The van der Waals surface area contributed by atoms with Crippen molar-refractivity contribution in [1.29, 1.82) is 0 Å². The third-order valence-electron chi connectivity index (χ3n) is 8.45. The number of carbonyl (C=O) groups is 2. The van der Waals surface area contributed by atoms with Gasteiger partial charge in [0.15, 0.2) is 0 Å². The molecule has 224 valence electrons. The van der Waals surface area contributed by atoms with Crippen molar-refractivity contribution in [3.05, 3.63) is 52.8 Å². The molecule has 1 N–H and O–H groups in total. The zero-order valence-corrected chi connectivity index (χ0v) is 25.2. The van der Waals surface area contributed by atoms with E-state index in [-0.39, 0.29) is 24.2 Å². The highest BCUT2D eigenvalue weighted by Gasteiger charge is 2.37. The number of fused-ring (bicyclic) bond motifs is 2. The minimum absolute atomic E-state index is 0.0307. The first-order valence-corrected chi connectivity index (χ1v) is 14.9. The monoisotopic (exact) mass is 575 g/mol. The fraction of sp³-hybridized carbons (Fsp3) is 0.531. The fourth-order valence-electron chi connectivity index (χ4n) is 6.21. The highest BCUT2D eigenvalue weighted by Crippen LogP contribution is 2.37. The van der Waals surface area contributed by atoms with Gasteiger partial charge >= 0.3 is 12.1 Å². The lowest BCUT2D eigenvalue weighted by atomic mass is 9.87. The summed E-state index contributed by atoms with van der Waals surface area (Å²) in [5.74, 6) is 0. The van der Waals surface area contributed by atoms with Crippen molar-refractivity contribution >= 4 is 23.2 Å². The van der Waals surface area contributed by atoms with Gasteiger partial charge in [-0.1, -0.05) is 6.07 Å². The van der Waals surface area contributed by atoms with Gasteiger partial charge in [0.05, 0.1) is 38.5 Å². The van der Waals surface area contributed by atoms with Crippen molar-refractivity contribution in [2.75, 3.05) is 46.1 Å². The molecular formula is C32H41N5O5. The zero-order chi connectivity index (χ0) is 29.6. The van der Waals surface area contributed by atoms with Crippen LogP contribution in [0.5, 0.6) is 0 Å². The number of morpholine rings is 2. The second-order valence-corrected chi connectivity index (χ2v) is 12.6. The van der Waals surface area contributed by atoms with Crippen LogP contribution >= 0.6 is 0 Å². The normalized spacial score (nSPS) is 21.4. The number of pyridine rings is 1. The lowest BCUT2D eigenvalue weighted by Gasteiger charge is -2.41. The Morgan fingerprint density at radius 3 is 2.55 bits per heavy atom. The summed E-state index contributed by atoms with van der Waals surface area (Å²) in [6.07, 6.45) is 4.23. The summed E-state index contributed by atoms with van der Waals surface area (Å²) in [6, 6.07) is 6.28. The smallest absolute Gasteiger partial charge is 0.410 e. The van der Waals surface area contributed by atoms with E-state index in [1.54, 1.807) is 4.90 Å². The van der Waals surface area contributed by atoms with Gasteiger partial charge in [-0.05, 0) is 81.0 Å². The number of nitrogens with zero attached hydrogens (tertiary/aromatic N) is 4. The lowest BCUT2D eigenvalue weighted by Crippen LogP contribution is -2.53. The molecule has 3 aliphatic heterocycles. The van der Waals surface area contributed by atoms with Crippen molar-refractivity contribution in [2.45, 2.75) is 65.3 Å². The Kier molecular flexibility index (Phi) is 7.61. The summed E-state index contributed by atoms with van der Waals surface area (Å²) >= 11 is 0. The van der Waals surface area contributed by atoms with E-state index in [0.717, 1.165) is 45.3 Å². The van der Waals surface area contributed by atoms with E-state index in [2.05, 4.69) is 35.1 Å². The van der Waals surface area contributed by atoms with Crippen LogP contribution < -0.4 is 0 Å². The Balaban J connectivity index is 1.41. The molecule has 6 rings (SSSR count). The van der Waals surface area contributed by atoms with Crippen LogP contribution in [0.15, 0.2) is 30.6 Å². The summed E-state index contributed by atoms with van der Waals surface area (Å²) in [6.45, 7) is 13.8. The van der Waals surface area contributed by atoms with Crippen molar-refractivity contribution in [3.63, 3.8) is 0 Å². The molecule has 2 saturated heterocycles. The molecule has 3 aromatic rings. The average molecular weight is 576 g/mol. The molecule has 10 heteroatoms. The number of aromatic nitrogens is 2. The first-order valence-electron chi connectivity index (χ1n) is 14.9. The molecule has 2 aromatic heterocycles. The molecule has 0 saturated carbocycles. The fourth-order valence-corrected chi connectivity index (χ4v) is 6.21. The van der Waals surface area contributed by atoms with Crippen molar-refractivity contribution < 1.29 is 23.8 Å². The van der Waals surface area contributed by atoms with E-state index in [4.69, 9.17) is 14.2 Å². The third kappa shape index (κ3) is 5.57. The van der Waals surface area contributed by atoms with E-state index in [1.165, 1.54) is 5.56 Å². The number of aromatic amines is 1. The minimum Gasteiger partial charge on any atom is -0.444 e. The number of amides is 3. The first kappa shape index (κ1) is 28.5. The second-order valence-electron chi connectivity index (χ2n) is 12.6. The average Bonchev–Trinajstić information content (AvgIpc) is 3.35. The third-order valence-corrected chi connectivity index (χ3v) is 8.45. The van der Waals surface area contributed by atoms with Gasteiger partial charge in [-0.15, -0.1) is 0 Å². The van der Waals surface area contributed by atoms with E-state index < -0.39 is 5.60 Å². The van der Waals surface area contributed by atoms with E-state index in [0.29, 0.717) is 52.6 Å². The summed E-state index contributed by atoms with van der Waals surface area (Å²) < 4.78 is 17.4. The quantitative estimate of drug-likeness (QED) is 0.459. The molecule has 0 spiro atoms. The van der Waals surface area contributed by atoms with Gasteiger partial charge in [0, 0.05) is 49.5 Å². The number of H-pyrrole nitrogens is 1. The second kappa shape index (κ2) is 11.2. The van der Waals surface area contributed by atoms with Gasteiger partial charge in [-0.2, -0.15) is 0 Å². The van der Waals surface area contributed by atoms with Crippen LogP contribution in [-0.4, -0.2) is 94.5 Å². The molecule has 3 aliphatic rings. The molecule has 0 aliphatic carbocycles. The number of nitrogens with one attached hydrogen (secondary N) is 1. The number of hydrogen-bond donors (Lipinski definition) is 1. The van der Waals surface area contributed by atoms with Gasteiger partial charge in [0.25, 0.3) is 0 Å². The molecule has 0 unspecified atom stereocenters. The Morgan fingerprint density at radius 1 is 1.02 bits per heavy atom. The maximum atomic E-state index is 13.7. The number of carbonyl (C=O) groups excluding carboxylic acids is 2. The highest BCUT2D eigenvalue weighted by molar-refractivity contribution is 5.85. The molecule has 10 nitrogen and oxygen atoms in total. The molecule has 0 radical (unpaired) electrons. The standard InChI is InChI=1S/C32H41N5O5/c1-20-15-33-29-25(20)14-24(16-34-29)23-12-22-6-7-35(30(38)36-8-10-40-18-21(36)2)17-27(22)26(13-23)28-19-41-11-9-37(28)31(39)42-32(3,4)5/h12-16,21,28H,6-11,17-19H2,1-5H3,(H,33,34)/t21-,28+/m1/s1.